The molecule has 8 heteroatoms. The van der Waals surface area contributed by atoms with E-state index in [0.717, 1.165) is 53.5 Å². The second kappa shape index (κ2) is 7.14. The van der Waals surface area contributed by atoms with Crippen LogP contribution in [0, 0.1) is 13.8 Å². The Morgan fingerprint density at radius 1 is 1.37 bits per heavy atom. The number of fused-ring (bicyclic) bond motifs is 2. The zero-order chi connectivity index (χ0) is 20.8. The van der Waals surface area contributed by atoms with Crippen LogP contribution in [0.15, 0.2) is 46.5 Å². The summed E-state index contributed by atoms with van der Waals surface area (Å²) in [6, 6.07) is 3.80. The minimum Gasteiger partial charge on any atom is -0.469 e. The highest BCUT2D eigenvalue weighted by molar-refractivity contribution is 5.65. The van der Waals surface area contributed by atoms with E-state index in [2.05, 4.69) is 28.6 Å². The molecule has 8 nitrogen and oxygen atoms in total. The molecule has 1 aliphatic heterocycles. The Hall–Kier alpha value is -3.39. The molecule has 0 spiro atoms. The fraction of sp³-hybridized carbons (Fsp3) is 0.318. The molecule has 0 aromatic carbocycles. The largest absolute Gasteiger partial charge is 0.469 e. The van der Waals surface area contributed by atoms with Gasteiger partial charge in [0, 0.05) is 48.9 Å². The van der Waals surface area contributed by atoms with E-state index in [0.29, 0.717) is 18.7 Å². The molecule has 1 N–H and O–H groups in total. The molecule has 0 unspecified atom stereocenters. The monoisotopic (exact) mass is 404 g/mol. The van der Waals surface area contributed by atoms with Gasteiger partial charge in [-0.15, -0.1) is 6.58 Å². The van der Waals surface area contributed by atoms with E-state index in [9.17, 15) is 4.79 Å². The van der Waals surface area contributed by atoms with Crippen molar-refractivity contribution in [3.63, 3.8) is 0 Å². The predicted molar refractivity (Wildman–Crippen MR) is 113 cm³/mol. The second-order valence-corrected chi connectivity index (χ2v) is 7.78. The minimum atomic E-state index is -0.0360. The second-order valence-electron chi connectivity index (χ2n) is 7.78. The van der Waals surface area contributed by atoms with Crippen molar-refractivity contribution in [2.24, 2.45) is 0 Å². The summed E-state index contributed by atoms with van der Waals surface area (Å²) in [6.07, 6.45) is 6.15. The zero-order valence-electron chi connectivity index (χ0n) is 17.2. The summed E-state index contributed by atoms with van der Waals surface area (Å²) in [5, 5.41) is 7.62. The summed E-state index contributed by atoms with van der Waals surface area (Å²) in [6.45, 7) is 10.7. The fourth-order valence-electron chi connectivity index (χ4n) is 4.16. The van der Waals surface area contributed by atoms with Gasteiger partial charge in [0.25, 0.3) is 5.56 Å². The van der Waals surface area contributed by atoms with Crippen LogP contribution in [-0.4, -0.2) is 35.8 Å². The number of allylic oxidation sites excluding steroid dienone is 1. The number of nitrogens with zero attached hydrogens (tertiary/aromatic N) is 5. The van der Waals surface area contributed by atoms with Gasteiger partial charge < -0.3 is 4.42 Å². The number of aromatic nitrogens is 5. The molecule has 0 atom stereocenters. The summed E-state index contributed by atoms with van der Waals surface area (Å²) in [4.78, 5) is 20.3. The van der Waals surface area contributed by atoms with Gasteiger partial charge in [-0.1, -0.05) is 6.08 Å². The van der Waals surface area contributed by atoms with E-state index >= 15 is 0 Å². The van der Waals surface area contributed by atoms with Crippen molar-refractivity contribution < 1.29 is 4.42 Å². The van der Waals surface area contributed by atoms with Gasteiger partial charge in [-0.05, 0) is 19.9 Å². The van der Waals surface area contributed by atoms with Crippen molar-refractivity contribution in [2.75, 3.05) is 6.54 Å². The molecule has 154 valence electrons. The third-order valence-electron chi connectivity index (χ3n) is 5.89. The smallest absolute Gasteiger partial charge is 0.277 e. The lowest BCUT2D eigenvalue weighted by Gasteiger charge is -2.27. The predicted octanol–water partition coefficient (Wildman–Crippen LogP) is 2.84. The van der Waals surface area contributed by atoms with Gasteiger partial charge in [-0.2, -0.15) is 5.10 Å². The van der Waals surface area contributed by atoms with Crippen molar-refractivity contribution in [1.82, 2.24) is 29.3 Å². The number of aromatic amines is 1. The number of furan rings is 1. The Morgan fingerprint density at radius 2 is 2.23 bits per heavy atom. The summed E-state index contributed by atoms with van der Waals surface area (Å²) < 4.78 is 8.88. The van der Waals surface area contributed by atoms with E-state index in [1.807, 2.05) is 36.0 Å². The van der Waals surface area contributed by atoms with Gasteiger partial charge in [0.2, 0.25) is 0 Å². The van der Waals surface area contributed by atoms with Crippen LogP contribution in [0.1, 0.15) is 28.3 Å². The first-order valence-corrected chi connectivity index (χ1v) is 10.1. The van der Waals surface area contributed by atoms with Crippen LogP contribution in [-0.2, 0) is 26.1 Å². The maximum atomic E-state index is 13.2. The van der Waals surface area contributed by atoms with Gasteiger partial charge in [0.15, 0.2) is 5.65 Å². The quantitative estimate of drug-likeness (QED) is 0.517. The third kappa shape index (κ3) is 3.00. The molecule has 4 aromatic rings. The summed E-state index contributed by atoms with van der Waals surface area (Å²) in [5.74, 6) is 0.804. The van der Waals surface area contributed by atoms with Gasteiger partial charge in [-0.25, -0.2) is 9.50 Å². The van der Waals surface area contributed by atoms with Crippen molar-refractivity contribution >= 4 is 5.65 Å². The lowest BCUT2D eigenvalue weighted by atomic mass is 10.1. The van der Waals surface area contributed by atoms with Gasteiger partial charge >= 0.3 is 0 Å². The molecular formula is C22H24N6O2. The molecule has 5 rings (SSSR count). The molecule has 5 heterocycles. The standard InChI is InChI=1S/C22H24N6O2/c1-4-7-27-14(2)16(11-23-27)12-26-8-5-19-18(13-26)22(29)28-21(24-19)10-20(25-28)17-6-9-30-15(17)3/h4,6,9-11,25H,1,5,7-8,12-13H2,2-3H3. The van der Waals surface area contributed by atoms with Crippen molar-refractivity contribution in [2.45, 2.75) is 39.9 Å². The van der Waals surface area contributed by atoms with Crippen LogP contribution in [0.4, 0.5) is 0 Å². The van der Waals surface area contributed by atoms with Crippen LogP contribution in [0.2, 0.25) is 0 Å². The topological polar surface area (TPSA) is 84.4 Å². The number of hydrogen-bond acceptors (Lipinski definition) is 5. The summed E-state index contributed by atoms with van der Waals surface area (Å²) in [5.41, 5.74) is 6.33. The van der Waals surface area contributed by atoms with Crippen LogP contribution >= 0.6 is 0 Å². The lowest BCUT2D eigenvalue weighted by Crippen LogP contribution is -2.36. The molecule has 1 aliphatic rings. The summed E-state index contributed by atoms with van der Waals surface area (Å²) in [7, 11) is 0. The average molecular weight is 404 g/mol. The lowest BCUT2D eigenvalue weighted by molar-refractivity contribution is 0.241. The molecular weight excluding hydrogens is 380 g/mol. The van der Waals surface area contributed by atoms with E-state index < -0.39 is 0 Å². The normalized spacial score (nSPS) is 14.3. The molecule has 0 fully saturated rings. The van der Waals surface area contributed by atoms with E-state index in [1.165, 1.54) is 10.1 Å². The van der Waals surface area contributed by atoms with Gasteiger partial charge in [0.1, 0.15) is 5.76 Å². The summed E-state index contributed by atoms with van der Waals surface area (Å²) >= 11 is 0. The highest BCUT2D eigenvalue weighted by atomic mass is 16.3. The SMILES string of the molecule is C=CCn1ncc(CN2CCc3nc4cc(-c5ccoc5C)[nH]n4c(=O)c3C2)c1C. The molecule has 30 heavy (non-hydrogen) atoms. The molecule has 4 aromatic heterocycles. The molecule has 0 aliphatic carbocycles. The highest BCUT2D eigenvalue weighted by Crippen LogP contribution is 2.24. The van der Waals surface area contributed by atoms with Crippen LogP contribution in [0.3, 0.4) is 0 Å². The highest BCUT2D eigenvalue weighted by Gasteiger charge is 2.24. The Bertz CT molecular complexity index is 1310. The van der Waals surface area contributed by atoms with Crippen LogP contribution in [0.25, 0.3) is 16.9 Å². The average Bonchev–Trinajstić information content (AvgIpc) is 3.43. The first-order valence-electron chi connectivity index (χ1n) is 10.1. The molecule has 0 saturated carbocycles. The molecule has 0 saturated heterocycles. The van der Waals surface area contributed by atoms with Crippen LogP contribution in [0.5, 0.6) is 0 Å². The van der Waals surface area contributed by atoms with E-state index in [1.54, 1.807) is 6.26 Å². The molecule has 0 bridgehead atoms. The van der Waals surface area contributed by atoms with Crippen molar-refractivity contribution in [3.8, 4) is 11.3 Å². The van der Waals surface area contributed by atoms with Crippen LogP contribution < -0.4 is 5.56 Å². The van der Waals surface area contributed by atoms with E-state index in [4.69, 9.17) is 9.40 Å². The molecule has 0 radical (unpaired) electrons. The first-order chi connectivity index (χ1) is 14.5. The van der Waals surface area contributed by atoms with E-state index in [-0.39, 0.29) is 5.56 Å². The Kier molecular flexibility index (Phi) is 4.43. The Labute approximate surface area is 173 Å². The van der Waals surface area contributed by atoms with Gasteiger partial charge in [-0.3, -0.25) is 19.5 Å². The minimum absolute atomic E-state index is 0.0360. The maximum Gasteiger partial charge on any atom is 0.277 e. The van der Waals surface area contributed by atoms with Crippen molar-refractivity contribution in [3.05, 3.63) is 75.9 Å². The zero-order valence-corrected chi connectivity index (χ0v) is 17.2. The third-order valence-corrected chi connectivity index (χ3v) is 5.89. The first kappa shape index (κ1) is 18.6. The van der Waals surface area contributed by atoms with Crippen molar-refractivity contribution in [1.29, 1.82) is 0 Å². The van der Waals surface area contributed by atoms with Gasteiger partial charge in [0.05, 0.1) is 36.0 Å². The Balaban J connectivity index is 1.45. The molecule has 0 amide bonds. The number of nitrogens with one attached hydrogen (secondary N) is 1. The number of H-pyrrole nitrogens is 1. The fourth-order valence-corrected chi connectivity index (χ4v) is 4.16. The Morgan fingerprint density at radius 3 is 3.00 bits per heavy atom. The maximum absolute atomic E-state index is 13.2. The number of hydrogen-bond donors (Lipinski definition) is 1. The number of rotatable bonds is 5. The number of aryl methyl sites for hydroxylation is 1.